The van der Waals surface area contributed by atoms with Gasteiger partial charge in [-0.05, 0) is 52.0 Å². The van der Waals surface area contributed by atoms with E-state index in [4.69, 9.17) is 0 Å². The molecule has 1 aromatic carbocycles. The zero-order valence-electron chi connectivity index (χ0n) is 10.7. The molecule has 1 aromatic heterocycles. The first kappa shape index (κ1) is 15.2. The van der Waals surface area contributed by atoms with Gasteiger partial charge in [0.15, 0.2) is 0 Å². The number of rotatable bonds is 5. The number of aliphatic carboxylic acids is 1. The Balaban J connectivity index is 2.28. The van der Waals surface area contributed by atoms with Gasteiger partial charge in [-0.3, -0.25) is 5.32 Å². The van der Waals surface area contributed by atoms with Crippen molar-refractivity contribution in [3.8, 4) is 0 Å². The van der Waals surface area contributed by atoms with Gasteiger partial charge >= 0.3 is 5.97 Å². The summed E-state index contributed by atoms with van der Waals surface area (Å²) in [7, 11) is 0. The van der Waals surface area contributed by atoms with Gasteiger partial charge in [0.1, 0.15) is 11.4 Å². The summed E-state index contributed by atoms with van der Waals surface area (Å²) < 4.78 is 13.5. The van der Waals surface area contributed by atoms with E-state index in [-0.39, 0.29) is 4.47 Å². The number of carbonyl (C=O) groups is 1. The first-order chi connectivity index (χ1) is 9.43. The van der Waals surface area contributed by atoms with Crippen LogP contribution in [0, 0.1) is 5.82 Å². The van der Waals surface area contributed by atoms with E-state index in [0.717, 1.165) is 4.88 Å². The molecule has 0 amide bonds. The lowest BCUT2D eigenvalue weighted by Gasteiger charge is -2.27. The second kappa shape index (κ2) is 6.03. The summed E-state index contributed by atoms with van der Waals surface area (Å²) in [4.78, 5) is 12.6. The normalized spacial score (nSPS) is 13.9. The van der Waals surface area contributed by atoms with Gasteiger partial charge < -0.3 is 5.11 Å². The third-order valence-corrected chi connectivity index (χ3v) is 4.61. The quantitative estimate of drug-likeness (QED) is 0.856. The Morgan fingerprint density at radius 2 is 2.25 bits per heavy atom. The monoisotopic (exact) mass is 357 g/mol. The first-order valence-electron chi connectivity index (χ1n) is 5.90. The van der Waals surface area contributed by atoms with Crippen LogP contribution in [0.4, 0.5) is 4.39 Å². The van der Waals surface area contributed by atoms with Gasteiger partial charge in [0.05, 0.1) is 4.47 Å². The lowest BCUT2D eigenvalue weighted by atomic mass is 9.92. The highest BCUT2D eigenvalue weighted by atomic mass is 79.9. The maximum absolute atomic E-state index is 13.3. The third kappa shape index (κ3) is 3.08. The molecule has 0 saturated heterocycles. The minimum absolute atomic E-state index is 0.250. The minimum Gasteiger partial charge on any atom is -0.480 e. The van der Waals surface area contributed by atoms with Gasteiger partial charge in [0.25, 0.3) is 0 Å². The molecule has 2 aromatic rings. The Morgan fingerprint density at radius 1 is 1.50 bits per heavy atom. The highest BCUT2D eigenvalue weighted by molar-refractivity contribution is 9.10. The van der Waals surface area contributed by atoms with E-state index in [0.29, 0.717) is 12.1 Å². The highest BCUT2D eigenvalue weighted by Crippen LogP contribution is 2.27. The molecule has 0 aliphatic heterocycles. The number of hydrogen-bond donors (Lipinski definition) is 2. The Hall–Kier alpha value is -1.24. The van der Waals surface area contributed by atoms with Crippen molar-refractivity contribution in [1.82, 2.24) is 5.32 Å². The SMILES string of the molecule is CC(NCc1cccs1)(C(=O)O)c1ccc(F)c(Br)c1. The van der Waals surface area contributed by atoms with Crippen molar-refractivity contribution in [3.05, 3.63) is 56.4 Å². The molecular weight excluding hydrogens is 345 g/mol. The number of halogens is 2. The molecule has 0 radical (unpaired) electrons. The second-order valence-electron chi connectivity index (χ2n) is 4.49. The molecule has 20 heavy (non-hydrogen) atoms. The van der Waals surface area contributed by atoms with Crippen molar-refractivity contribution in [2.45, 2.75) is 19.0 Å². The van der Waals surface area contributed by atoms with Gasteiger partial charge in [-0.25, -0.2) is 9.18 Å². The maximum atomic E-state index is 13.3. The van der Waals surface area contributed by atoms with Crippen molar-refractivity contribution in [3.63, 3.8) is 0 Å². The largest absolute Gasteiger partial charge is 0.480 e. The number of carboxylic acids is 1. The van der Waals surface area contributed by atoms with E-state index in [2.05, 4.69) is 21.2 Å². The maximum Gasteiger partial charge on any atom is 0.328 e. The number of benzene rings is 1. The summed E-state index contributed by atoms with van der Waals surface area (Å²) in [5.41, 5.74) is -0.782. The van der Waals surface area contributed by atoms with Crippen LogP contribution in [0.15, 0.2) is 40.2 Å². The Labute approximate surface area is 128 Å². The summed E-state index contributed by atoms with van der Waals surface area (Å²) in [6.45, 7) is 2.01. The van der Waals surface area contributed by atoms with Gasteiger partial charge in [0.2, 0.25) is 0 Å². The van der Waals surface area contributed by atoms with Crippen LogP contribution >= 0.6 is 27.3 Å². The molecule has 3 nitrogen and oxygen atoms in total. The van der Waals surface area contributed by atoms with Crippen LogP contribution in [-0.2, 0) is 16.9 Å². The Bertz CT molecular complexity index is 618. The van der Waals surface area contributed by atoms with Crippen molar-refractivity contribution in [2.75, 3.05) is 0 Å². The van der Waals surface area contributed by atoms with Gasteiger partial charge in [0, 0.05) is 11.4 Å². The fourth-order valence-corrected chi connectivity index (χ4v) is 2.81. The predicted molar refractivity (Wildman–Crippen MR) is 80.2 cm³/mol. The fourth-order valence-electron chi connectivity index (χ4n) is 1.79. The molecule has 0 fully saturated rings. The number of nitrogens with one attached hydrogen (secondary N) is 1. The van der Waals surface area contributed by atoms with E-state index in [1.54, 1.807) is 18.3 Å². The average Bonchev–Trinajstić information content (AvgIpc) is 2.92. The topological polar surface area (TPSA) is 49.3 Å². The van der Waals surface area contributed by atoms with E-state index in [1.807, 2.05) is 17.5 Å². The number of hydrogen-bond acceptors (Lipinski definition) is 3. The molecular formula is C14H13BrFNO2S. The van der Waals surface area contributed by atoms with E-state index >= 15 is 0 Å². The predicted octanol–water partition coefficient (Wildman–Crippen LogP) is 3.74. The van der Waals surface area contributed by atoms with E-state index in [9.17, 15) is 14.3 Å². The lowest BCUT2D eigenvalue weighted by molar-refractivity contribution is -0.144. The molecule has 106 valence electrons. The zero-order chi connectivity index (χ0) is 14.8. The summed E-state index contributed by atoms with van der Waals surface area (Å²) in [6, 6.07) is 8.07. The lowest BCUT2D eigenvalue weighted by Crippen LogP contribution is -2.46. The van der Waals surface area contributed by atoms with Crippen molar-refractivity contribution < 1.29 is 14.3 Å². The molecule has 1 atom stereocenters. The molecule has 0 saturated carbocycles. The summed E-state index contributed by atoms with van der Waals surface area (Å²) >= 11 is 4.64. The number of thiophene rings is 1. The number of carboxylic acid groups (broad SMARTS) is 1. The highest BCUT2D eigenvalue weighted by Gasteiger charge is 2.35. The van der Waals surface area contributed by atoms with Crippen LogP contribution < -0.4 is 5.32 Å². The summed E-state index contributed by atoms with van der Waals surface area (Å²) in [6.07, 6.45) is 0. The third-order valence-electron chi connectivity index (χ3n) is 3.12. The molecule has 2 rings (SSSR count). The first-order valence-corrected chi connectivity index (χ1v) is 7.57. The van der Waals surface area contributed by atoms with Crippen LogP contribution in [0.3, 0.4) is 0 Å². The summed E-state index contributed by atoms with van der Waals surface area (Å²) in [5.74, 6) is -1.42. The summed E-state index contributed by atoms with van der Waals surface area (Å²) in [5, 5.41) is 14.5. The molecule has 0 aliphatic carbocycles. The Morgan fingerprint density at radius 3 is 2.80 bits per heavy atom. The second-order valence-corrected chi connectivity index (χ2v) is 6.38. The molecule has 0 spiro atoms. The van der Waals surface area contributed by atoms with Gasteiger partial charge in [-0.2, -0.15) is 0 Å². The van der Waals surface area contributed by atoms with Gasteiger partial charge in [-0.1, -0.05) is 12.1 Å². The van der Waals surface area contributed by atoms with Crippen LogP contribution in [0.5, 0.6) is 0 Å². The van der Waals surface area contributed by atoms with Crippen molar-refractivity contribution in [2.24, 2.45) is 0 Å². The van der Waals surface area contributed by atoms with Crippen LogP contribution in [0.1, 0.15) is 17.4 Å². The molecule has 6 heteroatoms. The molecule has 2 N–H and O–H groups in total. The fraction of sp³-hybridized carbons (Fsp3) is 0.214. The minimum atomic E-state index is -1.28. The van der Waals surface area contributed by atoms with Crippen LogP contribution in [0.25, 0.3) is 0 Å². The molecule has 0 aliphatic rings. The van der Waals surface area contributed by atoms with E-state index < -0.39 is 17.3 Å². The van der Waals surface area contributed by atoms with Gasteiger partial charge in [-0.15, -0.1) is 11.3 Å². The van der Waals surface area contributed by atoms with Crippen molar-refractivity contribution in [1.29, 1.82) is 0 Å². The zero-order valence-corrected chi connectivity index (χ0v) is 13.1. The van der Waals surface area contributed by atoms with E-state index in [1.165, 1.54) is 18.2 Å². The van der Waals surface area contributed by atoms with Crippen LogP contribution in [0.2, 0.25) is 0 Å². The molecule has 1 unspecified atom stereocenters. The van der Waals surface area contributed by atoms with Crippen molar-refractivity contribution >= 4 is 33.2 Å². The average molecular weight is 358 g/mol. The Kier molecular flexibility index (Phi) is 4.57. The molecule has 1 heterocycles. The van der Waals surface area contributed by atoms with Crippen LogP contribution in [-0.4, -0.2) is 11.1 Å². The standard InChI is InChI=1S/C14H13BrFNO2S/c1-14(13(18)19,17-8-10-3-2-6-20-10)9-4-5-12(16)11(15)7-9/h2-7,17H,8H2,1H3,(H,18,19). The molecule has 0 bridgehead atoms. The smallest absolute Gasteiger partial charge is 0.328 e.